The van der Waals surface area contributed by atoms with Gasteiger partial charge in [-0.1, -0.05) is 18.2 Å². The minimum absolute atomic E-state index is 0.0273. The van der Waals surface area contributed by atoms with Crippen molar-refractivity contribution in [2.24, 2.45) is 0 Å². The first kappa shape index (κ1) is 30.1. The van der Waals surface area contributed by atoms with Crippen molar-refractivity contribution in [1.29, 1.82) is 5.26 Å². The smallest absolute Gasteiger partial charge is 0.407 e. The molecule has 1 aliphatic heterocycles. The van der Waals surface area contributed by atoms with Gasteiger partial charge in [0.15, 0.2) is 0 Å². The number of carbonyl (C=O) groups excluding carboxylic acids is 2. The van der Waals surface area contributed by atoms with Gasteiger partial charge >= 0.3 is 6.09 Å². The fourth-order valence-electron chi connectivity index (χ4n) is 5.30. The van der Waals surface area contributed by atoms with E-state index in [1.807, 2.05) is 56.9 Å². The number of amides is 3. The minimum Gasteiger partial charge on any atom is -0.465 e. The zero-order valence-electron chi connectivity index (χ0n) is 24.5. The van der Waals surface area contributed by atoms with Gasteiger partial charge in [0, 0.05) is 49.0 Å². The van der Waals surface area contributed by atoms with Crippen molar-refractivity contribution in [3.8, 4) is 17.2 Å². The van der Waals surface area contributed by atoms with Gasteiger partial charge in [-0.15, -0.1) is 0 Å². The van der Waals surface area contributed by atoms with E-state index in [1.54, 1.807) is 31.2 Å². The molecule has 0 saturated carbocycles. The van der Waals surface area contributed by atoms with Gasteiger partial charge in [-0.05, 0) is 87.2 Å². The van der Waals surface area contributed by atoms with E-state index in [0.29, 0.717) is 23.4 Å². The molecular weight excluding hydrogens is 532 g/mol. The van der Waals surface area contributed by atoms with E-state index in [-0.39, 0.29) is 37.0 Å². The molecule has 218 valence electrons. The van der Waals surface area contributed by atoms with Crippen molar-refractivity contribution in [3.63, 3.8) is 0 Å². The monoisotopic (exact) mass is 568 g/mol. The minimum atomic E-state index is -1.03. The highest BCUT2D eigenvalue weighted by atomic mass is 16.4. The highest BCUT2D eigenvalue weighted by Crippen LogP contribution is 2.41. The molecule has 10 nitrogen and oxygen atoms in total. The second kappa shape index (κ2) is 12.3. The molecule has 42 heavy (non-hydrogen) atoms. The van der Waals surface area contributed by atoms with Crippen molar-refractivity contribution < 1.29 is 19.5 Å². The highest BCUT2D eigenvalue weighted by Gasteiger charge is 2.33. The average Bonchev–Trinajstić information content (AvgIpc) is 2.94. The lowest BCUT2D eigenvalue weighted by atomic mass is 9.89. The highest BCUT2D eigenvalue weighted by molar-refractivity contribution is 5.95. The fraction of sp³-hybridized carbons (Fsp3) is 0.344. The number of aromatic nitrogens is 1. The van der Waals surface area contributed by atoms with Crippen molar-refractivity contribution in [1.82, 2.24) is 15.2 Å². The van der Waals surface area contributed by atoms with Crippen LogP contribution in [0.25, 0.3) is 11.1 Å². The Morgan fingerprint density at radius 3 is 2.36 bits per heavy atom. The Morgan fingerprint density at radius 1 is 1.10 bits per heavy atom. The Morgan fingerprint density at radius 2 is 1.79 bits per heavy atom. The maximum absolute atomic E-state index is 12.7. The van der Waals surface area contributed by atoms with Crippen LogP contribution >= 0.6 is 0 Å². The van der Waals surface area contributed by atoms with E-state index in [0.717, 1.165) is 22.4 Å². The average molecular weight is 569 g/mol. The van der Waals surface area contributed by atoms with Crippen molar-refractivity contribution >= 4 is 29.4 Å². The second-order valence-corrected chi connectivity index (χ2v) is 11.4. The van der Waals surface area contributed by atoms with Crippen LogP contribution in [-0.2, 0) is 4.79 Å². The lowest BCUT2D eigenvalue weighted by molar-refractivity contribution is -0.117. The summed E-state index contributed by atoms with van der Waals surface area (Å²) in [5.41, 5.74) is 4.00. The first-order valence-corrected chi connectivity index (χ1v) is 13.8. The van der Waals surface area contributed by atoms with E-state index in [4.69, 9.17) is 5.26 Å². The largest absolute Gasteiger partial charge is 0.465 e. The molecule has 3 N–H and O–H groups in total. The van der Waals surface area contributed by atoms with Crippen molar-refractivity contribution in [2.45, 2.75) is 58.7 Å². The SMILES string of the molecule is CC(=O)N1c2ccc(-c3ccc(C(=O)NCCN(C(=O)O)C(C)(C)C)cc3)cc2[C@H](Nc2ccc(C#N)cn2)C[C@@H]1C. The number of hydrogen-bond donors (Lipinski definition) is 3. The molecule has 2 aromatic carbocycles. The maximum Gasteiger partial charge on any atom is 0.407 e. The van der Waals surface area contributed by atoms with Crippen LogP contribution < -0.4 is 15.5 Å². The molecule has 4 rings (SSSR count). The number of pyridine rings is 1. The zero-order valence-corrected chi connectivity index (χ0v) is 24.5. The van der Waals surface area contributed by atoms with Crippen LogP contribution in [0.4, 0.5) is 16.3 Å². The van der Waals surface area contributed by atoms with Crippen LogP contribution in [0.15, 0.2) is 60.8 Å². The van der Waals surface area contributed by atoms with Crippen LogP contribution in [0.1, 0.15) is 68.6 Å². The van der Waals surface area contributed by atoms with Crippen LogP contribution in [0.5, 0.6) is 0 Å². The standard InChI is InChI=1S/C32H36N6O4/c1-20-16-27(36-29-13-6-22(18-33)19-35-29)26-17-25(11-12-28(26)38(20)21(2)39)23-7-9-24(10-8-23)30(40)34-14-15-37(31(41)42)32(3,4)5/h6-13,17,19-20,27H,14-16H2,1-5H3,(H,34,40)(H,35,36)(H,41,42)/t20-,27+/m0/s1. The molecule has 2 heterocycles. The molecule has 1 aliphatic rings. The van der Waals surface area contributed by atoms with Gasteiger partial charge in [0.25, 0.3) is 5.91 Å². The van der Waals surface area contributed by atoms with Gasteiger partial charge in [0.2, 0.25) is 5.91 Å². The lowest BCUT2D eigenvalue weighted by Crippen LogP contribution is -2.48. The summed E-state index contributed by atoms with van der Waals surface area (Å²) in [5.74, 6) is 0.329. The summed E-state index contributed by atoms with van der Waals surface area (Å²) in [6, 6.07) is 18.6. The van der Waals surface area contributed by atoms with Crippen LogP contribution in [-0.4, -0.2) is 57.6 Å². The van der Waals surface area contributed by atoms with Gasteiger partial charge in [0.05, 0.1) is 11.6 Å². The molecule has 0 unspecified atom stereocenters. The van der Waals surface area contributed by atoms with E-state index in [2.05, 4.69) is 27.8 Å². The summed E-state index contributed by atoms with van der Waals surface area (Å²) in [6.07, 6.45) is 1.17. The number of nitrogens with zero attached hydrogens (tertiary/aromatic N) is 4. The summed E-state index contributed by atoms with van der Waals surface area (Å²) in [7, 11) is 0. The number of carboxylic acid groups (broad SMARTS) is 1. The van der Waals surface area contributed by atoms with Crippen molar-refractivity contribution in [2.75, 3.05) is 23.3 Å². The summed E-state index contributed by atoms with van der Waals surface area (Å²) < 4.78 is 0. The van der Waals surface area contributed by atoms with Crippen molar-refractivity contribution in [3.05, 3.63) is 77.5 Å². The van der Waals surface area contributed by atoms with Crippen LogP contribution in [0, 0.1) is 11.3 Å². The van der Waals surface area contributed by atoms with E-state index in [1.165, 1.54) is 11.1 Å². The molecule has 2 atom stereocenters. The number of fused-ring (bicyclic) bond motifs is 1. The van der Waals surface area contributed by atoms with Gasteiger partial charge in [-0.3, -0.25) is 9.59 Å². The summed E-state index contributed by atoms with van der Waals surface area (Å²) in [5, 5.41) is 24.8. The summed E-state index contributed by atoms with van der Waals surface area (Å²) >= 11 is 0. The quantitative estimate of drug-likeness (QED) is 0.346. The maximum atomic E-state index is 12.7. The lowest BCUT2D eigenvalue weighted by Gasteiger charge is -2.39. The Bertz CT molecular complexity index is 1510. The molecule has 3 amide bonds. The summed E-state index contributed by atoms with van der Waals surface area (Å²) in [4.78, 5) is 44.3. The first-order chi connectivity index (χ1) is 19.9. The van der Waals surface area contributed by atoms with Gasteiger partial charge < -0.3 is 25.5 Å². The van der Waals surface area contributed by atoms with Gasteiger partial charge in [0.1, 0.15) is 11.9 Å². The zero-order chi connectivity index (χ0) is 30.6. The number of hydrogen-bond acceptors (Lipinski definition) is 6. The normalized spacial score (nSPS) is 16.1. The Labute approximate surface area is 246 Å². The number of nitriles is 1. The Kier molecular flexibility index (Phi) is 8.81. The molecule has 0 bridgehead atoms. The van der Waals surface area contributed by atoms with E-state index >= 15 is 0 Å². The molecule has 0 spiro atoms. The number of carbonyl (C=O) groups is 3. The molecule has 0 saturated heterocycles. The van der Waals surface area contributed by atoms with E-state index < -0.39 is 11.6 Å². The van der Waals surface area contributed by atoms with Gasteiger partial charge in [-0.2, -0.15) is 5.26 Å². The fourth-order valence-corrected chi connectivity index (χ4v) is 5.30. The Hall–Kier alpha value is -4.91. The predicted molar refractivity (Wildman–Crippen MR) is 161 cm³/mol. The molecule has 1 aromatic heterocycles. The second-order valence-electron chi connectivity index (χ2n) is 11.4. The third-order valence-corrected chi connectivity index (χ3v) is 7.38. The Balaban J connectivity index is 1.54. The number of rotatable bonds is 7. The molecule has 0 radical (unpaired) electrons. The molecule has 0 aliphatic carbocycles. The number of nitrogens with one attached hydrogen (secondary N) is 2. The topological polar surface area (TPSA) is 139 Å². The summed E-state index contributed by atoms with van der Waals surface area (Å²) in [6.45, 7) is 9.39. The molecule has 3 aromatic rings. The van der Waals surface area contributed by atoms with Crippen LogP contribution in [0.3, 0.4) is 0 Å². The number of benzene rings is 2. The predicted octanol–water partition coefficient (Wildman–Crippen LogP) is 5.43. The first-order valence-electron chi connectivity index (χ1n) is 13.8. The van der Waals surface area contributed by atoms with E-state index in [9.17, 15) is 19.5 Å². The molecule has 0 fully saturated rings. The third kappa shape index (κ3) is 6.69. The molecule has 10 heteroatoms. The van der Waals surface area contributed by atoms with Crippen LogP contribution in [0.2, 0.25) is 0 Å². The van der Waals surface area contributed by atoms with Gasteiger partial charge in [-0.25, -0.2) is 9.78 Å². The third-order valence-electron chi connectivity index (χ3n) is 7.38. The molecular formula is C32H36N6O4. The number of anilines is 2.